The number of nitrogens with one attached hydrogen (secondary N) is 1. The van der Waals surface area contributed by atoms with Crippen LogP contribution in [0.2, 0.25) is 0 Å². The van der Waals surface area contributed by atoms with Crippen LogP contribution in [0.3, 0.4) is 0 Å². The highest BCUT2D eigenvalue weighted by atomic mass is 19.1. The molecule has 1 aliphatic rings. The van der Waals surface area contributed by atoms with Crippen molar-refractivity contribution in [1.29, 1.82) is 0 Å². The summed E-state index contributed by atoms with van der Waals surface area (Å²) in [6, 6.07) is 18.2. The Bertz CT molecular complexity index is 1300. The lowest BCUT2D eigenvalue weighted by Gasteiger charge is -2.36. The maximum atomic E-state index is 14.0. The van der Waals surface area contributed by atoms with E-state index in [4.69, 9.17) is 5.21 Å². The Labute approximate surface area is 197 Å². The number of hydrogen-bond acceptors (Lipinski definition) is 5. The Morgan fingerprint density at radius 3 is 2.47 bits per heavy atom. The molecule has 1 fully saturated rings. The van der Waals surface area contributed by atoms with Gasteiger partial charge in [-0.25, -0.2) is 14.9 Å². The quantitative estimate of drug-likeness (QED) is 0.340. The van der Waals surface area contributed by atoms with Crippen LogP contribution in [0.15, 0.2) is 73.1 Å². The summed E-state index contributed by atoms with van der Waals surface area (Å²) < 4.78 is 16.1. The summed E-state index contributed by atoms with van der Waals surface area (Å²) >= 11 is 0. The minimum absolute atomic E-state index is 0.145. The number of halogens is 1. The smallest absolute Gasteiger partial charge is 0.274 e. The number of hydroxylamine groups is 1. The number of pyridine rings is 1. The average molecular weight is 460 g/mol. The van der Waals surface area contributed by atoms with E-state index in [-0.39, 0.29) is 5.82 Å². The average Bonchev–Trinajstić information content (AvgIpc) is 3.29. The highest BCUT2D eigenvalue weighted by molar-refractivity contribution is 5.93. The van der Waals surface area contributed by atoms with Gasteiger partial charge in [0.2, 0.25) is 0 Å². The summed E-state index contributed by atoms with van der Waals surface area (Å²) in [5, 5.41) is 9.87. The molecule has 5 rings (SSSR count). The fourth-order valence-electron chi connectivity index (χ4n) is 4.52. The van der Waals surface area contributed by atoms with Crippen LogP contribution in [0.1, 0.15) is 21.5 Å². The third kappa shape index (κ3) is 4.50. The van der Waals surface area contributed by atoms with Gasteiger partial charge in [-0.15, -0.1) is 0 Å². The number of carbonyl (C=O) groups is 1. The summed E-state index contributed by atoms with van der Waals surface area (Å²) in [4.78, 5) is 20.8. The Hall–Kier alpha value is -3.75. The molecular formula is C26H26FN5O2. The molecule has 0 saturated carbocycles. The molecule has 1 amide bonds. The van der Waals surface area contributed by atoms with E-state index < -0.39 is 5.91 Å². The van der Waals surface area contributed by atoms with Gasteiger partial charge >= 0.3 is 0 Å². The molecule has 0 spiro atoms. The number of rotatable bonds is 6. The second kappa shape index (κ2) is 9.62. The predicted octanol–water partition coefficient (Wildman–Crippen LogP) is 3.66. The van der Waals surface area contributed by atoms with E-state index in [9.17, 15) is 9.18 Å². The molecular weight excluding hydrogens is 433 g/mol. The van der Waals surface area contributed by atoms with Gasteiger partial charge in [-0.1, -0.05) is 30.3 Å². The van der Waals surface area contributed by atoms with Gasteiger partial charge in [0.15, 0.2) is 0 Å². The van der Waals surface area contributed by atoms with Crippen LogP contribution in [-0.4, -0.2) is 51.7 Å². The van der Waals surface area contributed by atoms with Gasteiger partial charge < -0.3 is 9.47 Å². The molecule has 0 radical (unpaired) electrons. The second-order valence-corrected chi connectivity index (χ2v) is 8.50. The highest BCUT2D eigenvalue weighted by Gasteiger charge is 2.20. The van der Waals surface area contributed by atoms with Gasteiger partial charge in [0, 0.05) is 73.9 Å². The molecule has 8 heteroatoms. The fraction of sp³-hybridized carbons (Fsp3) is 0.231. The molecule has 34 heavy (non-hydrogen) atoms. The molecule has 2 aromatic heterocycles. The van der Waals surface area contributed by atoms with E-state index in [0.717, 1.165) is 54.0 Å². The maximum absolute atomic E-state index is 14.0. The second-order valence-electron chi connectivity index (χ2n) is 8.50. The van der Waals surface area contributed by atoms with E-state index in [2.05, 4.69) is 31.5 Å². The molecule has 4 aromatic rings. The minimum Gasteiger partial charge on any atom is -0.368 e. The first-order valence-corrected chi connectivity index (χ1v) is 11.3. The van der Waals surface area contributed by atoms with Gasteiger partial charge in [-0.2, -0.15) is 0 Å². The number of hydrogen-bond donors (Lipinski definition) is 2. The van der Waals surface area contributed by atoms with Crippen LogP contribution in [0.4, 0.5) is 10.1 Å². The van der Waals surface area contributed by atoms with Crippen LogP contribution in [0.5, 0.6) is 0 Å². The van der Waals surface area contributed by atoms with Crippen molar-refractivity contribution in [3.8, 4) is 0 Å². The van der Waals surface area contributed by atoms with Crippen molar-refractivity contribution < 1.29 is 14.4 Å². The molecule has 2 aromatic carbocycles. The molecule has 7 nitrogen and oxygen atoms in total. The fourth-order valence-corrected chi connectivity index (χ4v) is 4.52. The van der Waals surface area contributed by atoms with E-state index in [1.54, 1.807) is 23.7 Å². The molecule has 1 saturated heterocycles. The van der Waals surface area contributed by atoms with Gasteiger partial charge in [0.05, 0.1) is 0 Å². The maximum Gasteiger partial charge on any atom is 0.274 e. The first-order valence-electron chi connectivity index (χ1n) is 11.3. The Kier molecular flexibility index (Phi) is 6.24. The molecule has 0 aliphatic carbocycles. The number of piperazine rings is 1. The molecule has 0 unspecified atom stereocenters. The number of amides is 1. The van der Waals surface area contributed by atoms with Crippen LogP contribution < -0.4 is 10.4 Å². The zero-order valence-electron chi connectivity index (χ0n) is 18.7. The SMILES string of the molecule is O=C(NO)c1ccc(Cn2ccc3c(N4CCN(Cc5ccccc5F)CC4)ccnc32)cc1. The van der Waals surface area contributed by atoms with Crippen LogP contribution in [0.25, 0.3) is 11.0 Å². The van der Waals surface area contributed by atoms with E-state index in [1.165, 1.54) is 6.07 Å². The zero-order chi connectivity index (χ0) is 23.5. The van der Waals surface area contributed by atoms with Crippen molar-refractivity contribution in [3.63, 3.8) is 0 Å². The van der Waals surface area contributed by atoms with Crippen molar-refractivity contribution in [2.75, 3.05) is 31.1 Å². The lowest BCUT2D eigenvalue weighted by molar-refractivity contribution is 0.0706. The third-order valence-corrected chi connectivity index (χ3v) is 6.37. The monoisotopic (exact) mass is 459 g/mol. The van der Waals surface area contributed by atoms with Crippen molar-refractivity contribution >= 4 is 22.6 Å². The first kappa shape index (κ1) is 22.1. The van der Waals surface area contributed by atoms with Crippen molar-refractivity contribution in [1.82, 2.24) is 19.9 Å². The first-order chi connectivity index (χ1) is 16.6. The van der Waals surface area contributed by atoms with Crippen molar-refractivity contribution in [2.24, 2.45) is 0 Å². The summed E-state index contributed by atoms with van der Waals surface area (Å²) in [5.74, 6) is -0.674. The van der Waals surface area contributed by atoms with E-state index >= 15 is 0 Å². The lowest BCUT2D eigenvalue weighted by atomic mass is 10.1. The number of benzene rings is 2. The Morgan fingerprint density at radius 2 is 1.74 bits per heavy atom. The van der Waals surface area contributed by atoms with Crippen molar-refractivity contribution in [3.05, 3.63) is 95.6 Å². The summed E-state index contributed by atoms with van der Waals surface area (Å²) in [5.41, 5.74) is 5.88. The summed E-state index contributed by atoms with van der Waals surface area (Å²) in [7, 11) is 0. The number of anilines is 1. The Morgan fingerprint density at radius 1 is 0.971 bits per heavy atom. The standard InChI is InChI=1S/C26H26FN5O2/c27-23-4-2-1-3-21(23)18-30-13-15-31(16-14-30)24-9-11-28-25-22(24)10-12-32(25)17-19-5-7-20(8-6-19)26(33)29-34/h1-12,34H,13-18H2,(H,29,33). The predicted molar refractivity (Wildman–Crippen MR) is 128 cm³/mol. The normalized spacial score (nSPS) is 14.5. The largest absolute Gasteiger partial charge is 0.368 e. The number of aromatic nitrogens is 2. The van der Waals surface area contributed by atoms with Crippen LogP contribution in [-0.2, 0) is 13.1 Å². The third-order valence-electron chi connectivity index (χ3n) is 6.37. The van der Waals surface area contributed by atoms with E-state index in [0.29, 0.717) is 18.7 Å². The van der Waals surface area contributed by atoms with Gasteiger partial charge in [0.25, 0.3) is 5.91 Å². The number of carbonyl (C=O) groups excluding carboxylic acids is 1. The number of fused-ring (bicyclic) bond motifs is 1. The number of nitrogens with zero attached hydrogens (tertiary/aromatic N) is 4. The lowest BCUT2D eigenvalue weighted by Crippen LogP contribution is -2.46. The molecule has 3 heterocycles. The topological polar surface area (TPSA) is 73.6 Å². The molecule has 1 aliphatic heterocycles. The van der Waals surface area contributed by atoms with E-state index in [1.807, 2.05) is 36.7 Å². The van der Waals surface area contributed by atoms with Crippen LogP contribution in [0, 0.1) is 5.82 Å². The molecule has 0 bridgehead atoms. The van der Waals surface area contributed by atoms with Gasteiger partial charge in [0.1, 0.15) is 11.5 Å². The summed E-state index contributed by atoms with van der Waals surface area (Å²) in [6.45, 7) is 4.72. The minimum atomic E-state index is -0.529. The highest BCUT2D eigenvalue weighted by Crippen LogP contribution is 2.28. The summed E-state index contributed by atoms with van der Waals surface area (Å²) in [6.07, 6.45) is 3.87. The zero-order valence-corrected chi connectivity index (χ0v) is 18.7. The Balaban J connectivity index is 1.28. The van der Waals surface area contributed by atoms with Crippen molar-refractivity contribution in [2.45, 2.75) is 13.1 Å². The molecule has 2 N–H and O–H groups in total. The van der Waals surface area contributed by atoms with Crippen LogP contribution >= 0.6 is 0 Å². The van der Waals surface area contributed by atoms with Gasteiger partial charge in [-0.3, -0.25) is 14.9 Å². The molecule has 174 valence electrons. The molecule has 0 atom stereocenters. The van der Waals surface area contributed by atoms with Gasteiger partial charge in [-0.05, 0) is 35.9 Å².